The second kappa shape index (κ2) is 12.7. The molecule has 176 valence electrons. The summed E-state index contributed by atoms with van der Waals surface area (Å²) in [5, 5.41) is 6.73. The van der Waals surface area contributed by atoms with Gasteiger partial charge >= 0.3 is 0 Å². The van der Waals surface area contributed by atoms with Crippen molar-refractivity contribution in [3.63, 3.8) is 0 Å². The first-order valence-corrected chi connectivity index (χ1v) is 10.5. The first kappa shape index (κ1) is 25.1. The van der Waals surface area contributed by atoms with Crippen LogP contribution in [0.4, 0.5) is 0 Å². The number of nitrogens with one attached hydrogen (secondary N) is 2. The molecule has 8 nitrogen and oxygen atoms in total. The van der Waals surface area contributed by atoms with Crippen molar-refractivity contribution in [1.29, 1.82) is 0 Å². The standard InChI is InChI=1S/C24H36N4O4/c1-17(32-20-10-8-9-19(14-20)29-5)15-26-24(25-2)27-16-21(28(3)4)18-11-12-22(30-6)23(13-18)31-7/h8-14,17,21H,15-16H2,1-7H3,(H2,25,26,27). The molecular weight excluding hydrogens is 408 g/mol. The third kappa shape index (κ3) is 7.23. The van der Waals surface area contributed by atoms with Gasteiger partial charge in [-0.05, 0) is 50.8 Å². The van der Waals surface area contributed by atoms with Gasteiger partial charge < -0.3 is 34.5 Å². The fourth-order valence-electron chi connectivity index (χ4n) is 3.26. The summed E-state index contributed by atoms with van der Waals surface area (Å²) in [4.78, 5) is 6.49. The molecule has 2 rings (SSSR count). The van der Waals surface area contributed by atoms with E-state index in [-0.39, 0.29) is 12.1 Å². The Bertz CT molecular complexity index is 873. The van der Waals surface area contributed by atoms with Gasteiger partial charge in [-0.25, -0.2) is 0 Å². The van der Waals surface area contributed by atoms with Gasteiger partial charge in [-0.2, -0.15) is 0 Å². The molecule has 2 aromatic carbocycles. The molecule has 0 fully saturated rings. The van der Waals surface area contributed by atoms with Gasteiger partial charge in [0.15, 0.2) is 17.5 Å². The van der Waals surface area contributed by atoms with Crippen molar-refractivity contribution in [2.45, 2.75) is 19.1 Å². The largest absolute Gasteiger partial charge is 0.497 e. The topological polar surface area (TPSA) is 76.6 Å². The monoisotopic (exact) mass is 444 g/mol. The van der Waals surface area contributed by atoms with Gasteiger partial charge in [-0.3, -0.25) is 4.99 Å². The van der Waals surface area contributed by atoms with Crippen molar-refractivity contribution >= 4 is 5.96 Å². The van der Waals surface area contributed by atoms with Gasteiger partial charge in [-0.1, -0.05) is 12.1 Å². The van der Waals surface area contributed by atoms with E-state index in [1.54, 1.807) is 28.4 Å². The predicted molar refractivity (Wildman–Crippen MR) is 128 cm³/mol. The number of guanidine groups is 1. The lowest BCUT2D eigenvalue weighted by Gasteiger charge is -2.27. The summed E-state index contributed by atoms with van der Waals surface area (Å²) in [6.07, 6.45) is -0.0591. The summed E-state index contributed by atoms with van der Waals surface area (Å²) in [6.45, 7) is 3.26. The average Bonchev–Trinajstić information content (AvgIpc) is 2.80. The van der Waals surface area contributed by atoms with Crippen molar-refractivity contribution in [3.8, 4) is 23.0 Å². The minimum absolute atomic E-state index is 0.0591. The highest BCUT2D eigenvalue weighted by atomic mass is 16.5. The van der Waals surface area contributed by atoms with E-state index in [1.807, 2.05) is 63.5 Å². The van der Waals surface area contributed by atoms with E-state index in [4.69, 9.17) is 18.9 Å². The van der Waals surface area contributed by atoms with Crippen LogP contribution in [0.1, 0.15) is 18.5 Å². The number of ether oxygens (including phenoxy) is 4. The van der Waals surface area contributed by atoms with Gasteiger partial charge in [0.25, 0.3) is 0 Å². The van der Waals surface area contributed by atoms with Crippen LogP contribution in [0.25, 0.3) is 0 Å². The van der Waals surface area contributed by atoms with Crippen LogP contribution in [-0.2, 0) is 0 Å². The number of benzene rings is 2. The Hall–Kier alpha value is -3.13. The lowest BCUT2D eigenvalue weighted by molar-refractivity contribution is 0.222. The molecule has 2 unspecified atom stereocenters. The number of rotatable bonds is 11. The zero-order valence-corrected chi connectivity index (χ0v) is 20.1. The van der Waals surface area contributed by atoms with Crippen LogP contribution in [0.5, 0.6) is 23.0 Å². The van der Waals surface area contributed by atoms with Crippen LogP contribution in [-0.4, -0.2) is 72.5 Å². The highest BCUT2D eigenvalue weighted by Gasteiger charge is 2.17. The Labute approximate surface area is 191 Å². The summed E-state index contributed by atoms with van der Waals surface area (Å²) in [5.74, 6) is 3.67. The molecule has 32 heavy (non-hydrogen) atoms. The molecule has 0 saturated carbocycles. The molecule has 0 radical (unpaired) electrons. The number of hydrogen-bond donors (Lipinski definition) is 2. The van der Waals surface area contributed by atoms with E-state index in [0.29, 0.717) is 30.5 Å². The van der Waals surface area contributed by atoms with Gasteiger partial charge in [0.05, 0.1) is 33.9 Å². The molecule has 0 aliphatic carbocycles. The van der Waals surface area contributed by atoms with Crippen LogP contribution in [0.15, 0.2) is 47.5 Å². The molecule has 0 saturated heterocycles. The fraction of sp³-hybridized carbons (Fsp3) is 0.458. The number of aliphatic imine (C=N–C) groups is 1. The lowest BCUT2D eigenvalue weighted by Crippen LogP contribution is -2.44. The maximum atomic E-state index is 5.97. The van der Waals surface area contributed by atoms with E-state index in [2.05, 4.69) is 20.5 Å². The summed E-state index contributed by atoms with van der Waals surface area (Å²) in [6, 6.07) is 13.7. The highest BCUT2D eigenvalue weighted by molar-refractivity contribution is 5.79. The number of hydrogen-bond acceptors (Lipinski definition) is 6. The molecule has 0 spiro atoms. The molecule has 0 aliphatic heterocycles. The Balaban J connectivity index is 1.94. The normalized spacial score (nSPS) is 13.3. The minimum Gasteiger partial charge on any atom is -0.497 e. The number of likely N-dealkylation sites (N-methyl/N-ethyl adjacent to an activating group) is 1. The number of nitrogens with zero attached hydrogens (tertiary/aromatic N) is 2. The SMILES string of the molecule is CN=C(NCC(C)Oc1cccc(OC)c1)NCC(c1ccc(OC)c(OC)c1)N(C)C. The zero-order chi connectivity index (χ0) is 23.5. The lowest BCUT2D eigenvalue weighted by atomic mass is 10.1. The summed E-state index contributed by atoms with van der Waals surface area (Å²) in [7, 11) is 10.8. The van der Waals surface area contributed by atoms with Crippen molar-refractivity contribution in [2.75, 3.05) is 55.6 Å². The van der Waals surface area contributed by atoms with Crippen molar-refractivity contribution in [3.05, 3.63) is 48.0 Å². The molecule has 0 aromatic heterocycles. The van der Waals surface area contributed by atoms with Crippen molar-refractivity contribution < 1.29 is 18.9 Å². The quantitative estimate of drug-likeness (QED) is 0.408. The van der Waals surface area contributed by atoms with Crippen LogP contribution in [0.2, 0.25) is 0 Å². The van der Waals surface area contributed by atoms with Crippen molar-refractivity contribution in [1.82, 2.24) is 15.5 Å². The third-order valence-corrected chi connectivity index (χ3v) is 5.04. The molecule has 8 heteroatoms. The summed E-state index contributed by atoms with van der Waals surface area (Å²) >= 11 is 0. The summed E-state index contributed by atoms with van der Waals surface area (Å²) in [5.41, 5.74) is 1.12. The van der Waals surface area contributed by atoms with Crippen LogP contribution < -0.4 is 29.6 Å². The first-order chi connectivity index (χ1) is 15.4. The molecule has 0 heterocycles. The van der Waals surface area contributed by atoms with E-state index < -0.39 is 0 Å². The molecule has 0 aliphatic rings. The maximum Gasteiger partial charge on any atom is 0.191 e. The minimum atomic E-state index is -0.0591. The van der Waals surface area contributed by atoms with Gasteiger partial charge in [-0.15, -0.1) is 0 Å². The van der Waals surface area contributed by atoms with E-state index in [1.165, 1.54) is 0 Å². The van der Waals surface area contributed by atoms with E-state index in [0.717, 1.165) is 17.1 Å². The van der Waals surface area contributed by atoms with Crippen molar-refractivity contribution in [2.24, 2.45) is 4.99 Å². The molecule has 2 N–H and O–H groups in total. The van der Waals surface area contributed by atoms with Crippen LogP contribution >= 0.6 is 0 Å². The molecule has 0 amide bonds. The highest BCUT2D eigenvalue weighted by Crippen LogP contribution is 2.31. The predicted octanol–water partition coefficient (Wildman–Crippen LogP) is 2.95. The van der Waals surface area contributed by atoms with E-state index in [9.17, 15) is 0 Å². The van der Waals surface area contributed by atoms with Crippen LogP contribution in [0, 0.1) is 0 Å². The smallest absolute Gasteiger partial charge is 0.191 e. The molecular formula is C24H36N4O4. The Morgan fingerprint density at radius 2 is 1.59 bits per heavy atom. The second-order valence-corrected chi connectivity index (χ2v) is 7.54. The zero-order valence-electron chi connectivity index (χ0n) is 20.1. The maximum absolute atomic E-state index is 5.97. The van der Waals surface area contributed by atoms with Gasteiger partial charge in [0.2, 0.25) is 0 Å². The summed E-state index contributed by atoms with van der Waals surface area (Å²) < 4.78 is 22.0. The second-order valence-electron chi connectivity index (χ2n) is 7.54. The molecule has 2 aromatic rings. The first-order valence-electron chi connectivity index (χ1n) is 10.5. The van der Waals surface area contributed by atoms with Crippen LogP contribution in [0.3, 0.4) is 0 Å². The van der Waals surface area contributed by atoms with Gasteiger partial charge in [0, 0.05) is 19.7 Å². The fourth-order valence-corrected chi connectivity index (χ4v) is 3.26. The molecule has 0 bridgehead atoms. The van der Waals surface area contributed by atoms with E-state index >= 15 is 0 Å². The molecule has 2 atom stereocenters. The van der Waals surface area contributed by atoms with Gasteiger partial charge in [0.1, 0.15) is 17.6 Å². The Morgan fingerprint density at radius 1 is 0.906 bits per heavy atom. The third-order valence-electron chi connectivity index (χ3n) is 5.04. The Kier molecular flexibility index (Phi) is 9.94. The number of methoxy groups -OCH3 is 3. The average molecular weight is 445 g/mol. The Morgan fingerprint density at radius 3 is 2.22 bits per heavy atom.